The monoisotopic (exact) mass is 448 g/mol. The molecule has 0 radical (unpaired) electrons. The van der Waals surface area contributed by atoms with Crippen molar-refractivity contribution in [2.45, 2.75) is 29.7 Å². The highest BCUT2D eigenvalue weighted by atomic mass is 32.2. The number of benzene rings is 3. The molecule has 0 aromatic heterocycles. The second-order valence-electron chi connectivity index (χ2n) is 7.56. The van der Waals surface area contributed by atoms with Gasteiger partial charge in [0, 0.05) is 21.5 Å². The molecule has 1 aliphatic heterocycles. The SMILES string of the molecule is COc1ccc(OCC(=O)Nc2ccc3c(c2)Sc2ccccc2C(=O)N3C(C)C)cc1. The number of carbonyl (C=O) groups is 2. The number of nitrogens with one attached hydrogen (secondary N) is 1. The second-order valence-corrected chi connectivity index (χ2v) is 8.65. The van der Waals surface area contributed by atoms with Gasteiger partial charge in [0.15, 0.2) is 6.61 Å². The minimum absolute atomic E-state index is 0.00801. The van der Waals surface area contributed by atoms with Crippen molar-refractivity contribution in [3.8, 4) is 11.5 Å². The Kier molecular flexibility index (Phi) is 6.37. The lowest BCUT2D eigenvalue weighted by Crippen LogP contribution is -2.37. The molecule has 7 heteroatoms. The molecule has 1 heterocycles. The van der Waals surface area contributed by atoms with Crippen LogP contribution in [0, 0.1) is 0 Å². The Hall–Kier alpha value is -3.45. The van der Waals surface area contributed by atoms with Crippen molar-refractivity contribution in [2.24, 2.45) is 0 Å². The molecule has 1 aliphatic rings. The summed E-state index contributed by atoms with van der Waals surface area (Å²) >= 11 is 1.53. The molecule has 0 spiro atoms. The van der Waals surface area contributed by atoms with E-state index in [0.717, 1.165) is 21.2 Å². The summed E-state index contributed by atoms with van der Waals surface area (Å²) < 4.78 is 10.7. The van der Waals surface area contributed by atoms with Crippen LogP contribution in [0.3, 0.4) is 0 Å². The van der Waals surface area contributed by atoms with E-state index >= 15 is 0 Å². The average molecular weight is 449 g/mol. The minimum Gasteiger partial charge on any atom is -0.497 e. The van der Waals surface area contributed by atoms with Crippen LogP contribution in [0.1, 0.15) is 24.2 Å². The van der Waals surface area contributed by atoms with Crippen LogP contribution in [0.4, 0.5) is 11.4 Å². The third kappa shape index (κ3) is 4.57. The number of hydrogen-bond acceptors (Lipinski definition) is 5. The Morgan fingerprint density at radius 3 is 2.44 bits per heavy atom. The Morgan fingerprint density at radius 1 is 1.00 bits per heavy atom. The van der Waals surface area contributed by atoms with Crippen molar-refractivity contribution in [1.82, 2.24) is 0 Å². The zero-order chi connectivity index (χ0) is 22.7. The van der Waals surface area contributed by atoms with Gasteiger partial charge in [-0.25, -0.2) is 0 Å². The van der Waals surface area contributed by atoms with Crippen molar-refractivity contribution in [3.63, 3.8) is 0 Å². The van der Waals surface area contributed by atoms with E-state index in [1.54, 1.807) is 36.3 Å². The van der Waals surface area contributed by atoms with Gasteiger partial charge in [0.25, 0.3) is 11.8 Å². The predicted molar refractivity (Wildman–Crippen MR) is 126 cm³/mol. The fourth-order valence-electron chi connectivity index (χ4n) is 3.49. The van der Waals surface area contributed by atoms with Crippen molar-refractivity contribution < 1.29 is 19.1 Å². The van der Waals surface area contributed by atoms with E-state index in [0.29, 0.717) is 17.0 Å². The van der Waals surface area contributed by atoms with Gasteiger partial charge in [-0.2, -0.15) is 0 Å². The molecule has 32 heavy (non-hydrogen) atoms. The fourth-order valence-corrected chi connectivity index (χ4v) is 4.60. The van der Waals surface area contributed by atoms with Crippen LogP contribution in [-0.2, 0) is 4.79 Å². The average Bonchev–Trinajstić information content (AvgIpc) is 2.91. The number of amides is 2. The van der Waals surface area contributed by atoms with Crippen molar-refractivity contribution in [1.29, 1.82) is 0 Å². The number of fused-ring (bicyclic) bond motifs is 2. The molecule has 4 rings (SSSR count). The first-order valence-electron chi connectivity index (χ1n) is 10.3. The number of rotatable bonds is 6. The van der Waals surface area contributed by atoms with Gasteiger partial charge in [0.05, 0.1) is 18.4 Å². The van der Waals surface area contributed by atoms with Crippen LogP contribution in [0.2, 0.25) is 0 Å². The molecule has 1 N–H and O–H groups in total. The number of hydrogen-bond donors (Lipinski definition) is 1. The van der Waals surface area contributed by atoms with Crippen molar-refractivity contribution in [2.75, 3.05) is 23.9 Å². The molecule has 3 aromatic carbocycles. The molecular formula is C25H24N2O4S. The number of carbonyl (C=O) groups excluding carboxylic acids is 2. The van der Waals surface area contributed by atoms with E-state index < -0.39 is 0 Å². The summed E-state index contributed by atoms with van der Waals surface area (Å²) in [6, 6.07) is 20.2. The third-order valence-corrected chi connectivity index (χ3v) is 6.13. The summed E-state index contributed by atoms with van der Waals surface area (Å²) in [5, 5.41) is 2.88. The van der Waals surface area contributed by atoms with Crippen molar-refractivity contribution >= 4 is 35.0 Å². The highest BCUT2D eigenvalue weighted by Gasteiger charge is 2.29. The number of methoxy groups -OCH3 is 1. The number of ether oxygens (including phenoxy) is 2. The topological polar surface area (TPSA) is 67.9 Å². The maximum Gasteiger partial charge on any atom is 0.262 e. The maximum atomic E-state index is 13.2. The van der Waals surface area contributed by atoms with E-state index in [1.807, 2.05) is 56.3 Å². The van der Waals surface area contributed by atoms with Crippen molar-refractivity contribution in [3.05, 3.63) is 72.3 Å². The Labute approximate surface area is 191 Å². The van der Waals surface area contributed by atoms with Crippen LogP contribution >= 0.6 is 11.8 Å². The molecule has 0 saturated heterocycles. The zero-order valence-corrected chi connectivity index (χ0v) is 18.9. The summed E-state index contributed by atoms with van der Waals surface area (Å²) in [5.74, 6) is 1.02. The van der Waals surface area contributed by atoms with E-state index in [-0.39, 0.29) is 24.5 Å². The van der Waals surface area contributed by atoms with Crippen LogP contribution < -0.4 is 19.7 Å². The summed E-state index contributed by atoms with van der Waals surface area (Å²) in [6.07, 6.45) is 0. The lowest BCUT2D eigenvalue weighted by molar-refractivity contribution is -0.118. The fraction of sp³-hybridized carbons (Fsp3) is 0.200. The van der Waals surface area contributed by atoms with Crippen LogP contribution in [0.15, 0.2) is 76.5 Å². The molecule has 2 amide bonds. The standard InChI is InChI=1S/C25H24N2O4S/c1-16(2)27-21-13-8-17(14-23(21)32-22-7-5-4-6-20(22)25(27)29)26-24(28)15-31-19-11-9-18(30-3)10-12-19/h4-14,16H,15H2,1-3H3,(H,26,28). The van der Waals surface area contributed by atoms with Gasteiger partial charge in [-0.05, 0) is 68.4 Å². The molecule has 0 unspecified atom stereocenters. The van der Waals surface area contributed by atoms with Gasteiger partial charge in [-0.1, -0.05) is 23.9 Å². The van der Waals surface area contributed by atoms with E-state index in [4.69, 9.17) is 9.47 Å². The lowest BCUT2D eigenvalue weighted by Gasteiger charge is -2.27. The first kappa shape index (κ1) is 21.8. The highest BCUT2D eigenvalue weighted by Crippen LogP contribution is 2.43. The van der Waals surface area contributed by atoms with E-state index in [1.165, 1.54) is 11.8 Å². The molecule has 164 valence electrons. The Bertz CT molecular complexity index is 1140. The largest absolute Gasteiger partial charge is 0.497 e. The van der Waals surface area contributed by atoms with Gasteiger partial charge in [-0.15, -0.1) is 0 Å². The summed E-state index contributed by atoms with van der Waals surface area (Å²) in [5.41, 5.74) is 2.16. The van der Waals surface area contributed by atoms with E-state index in [9.17, 15) is 9.59 Å². The summed E-state index contributed by atoms with van der Waals surface area (Å²) in [4.78, 5) is 29.2. The number of nitrogens with zero attached hydrogens (tertiary/aromatic N) is 1. The molecule has 0 atom stereocenters. The molecule has 0 saturated carbocycles. The van der Waals surface area contributed by atoms with Gasteiger partial charge in [-0.3, -0.25) is 9.59 Å². The highest BCUT2D eigenvalue weighted by molar-refractivity contribution is 7.99. The summed E-state index contributed by atoms with van der Waals surface area (Å²) in [6.45, 7) is 3.87. The first-order chi connectivity index (χ1) is 15.5. The second kappa shape index (κ2) is 9.36. The predicted octanol–water partition coefficient (Wildman–Crippen LogP) is 5.23. The van der Waals surface area contributed by atoms with Gasteiger partial charge >= 0.3 is 0 Å². The van der Waals surface area contributed by atoms with E-state index in [2.05, 4.69) is 5.32 Å². The Balaban J connectivity index is 1.52. The molecular weight excluding hydrogens is 424 g/mol. The molecule has 3 aromatic rings. The number of anilines is 2. The molecule has 0 aliphatic carbocycles. The van der Waals surface area contributed by atoms with Gasteiger partial charge in [0.2, 0.25) is 0 Å². The lowest BCUT2D eigenvalue weighted by atomic mass is 10.1. The zero-order valence-electron chi connectivity index (χ0n) is 18.1. The quantitative estimate of drug-likeness (QED) is 0.559. The van der Waals surface area contributed by atoms with Crippen LogP contribution in [0.25, 0.3) is 0 Å². The van der Waals surface area contributed by atoms with Gasteiger partial charge < -0.3 is 19.7 Å². The molecule has 0 fully saturated rings. The third-order valence-electron chi connectivity index (χ3n) is 5.01. The van der Waals surface area contributed by atoms with Crippen LogP contribution in [-0.4, -0.2) is 31.6 Å². The van der Waals surface area contributed by atoms with Crippen LogP contribution in [0.5, 0.6) is 11.5 Å². The normalized spacial score (nSPS) is 12.6. The Morgan fingerprint density at radius 2 is 1.72 bits per heavy atom. The molecule has 0 bridgehead atoms. The first-order valence-corrected chi connectivity index (χ1v) is 11.1. The summed E-state index contributed by atoms with van der Waals surface area (Å²) in [7, 11) is 1.59. The maximum absolute atomic E-state index is 13.2. The van der Waals surface area contributed by atoms with Gasteiger partial charge in [0.1, 0.15) is 11.5 Å². The smallest absolute Gasteiger partial charge is 0.262 e. The minimum atomic E-state index is -0.267. The molecule has 6 nitrogen and oxygen atoms in total.